The van der Waals surface area contributed by atoms with Gasteiger partial charge in [-0.05, 0) is 18.6 Å². The van der Waals surface area contributed by atoms with E-state index >= 15 is 0 Å². The van der Waals surface area contributed by atoms with Crippen LogP contribution in [0.25, 0.3) is 5.70 Å². The molecule has 0 bridgehead atoms. The first kappa shape index (κ1) is 12.9. The highest BCUT2D eigenvalue weighted by atomic mass is 35.5. The zero-order chi connectivity index (χ0) is 14.0. The minimum atomic E-state index is -0.735. The van der Waals surface area contributed by atoms with Crippen LogP contribution in [0.5, 0.6) is 0 Å². The van der Waals surface area contributed by atoms with Crippen molar-refractivity contribution in [3.63, 3.8) is 0 Å². The van der Waals surface area contributed by atoms with Gasteiger partial charge in [-0.3, -0.25) is 0 Å². The van der Waals surface area contributed by atoms with E-state index in [2.05, 4.69) is 22.4 Å². The van der Waals surface area contributed by atoms with Crippen molar-refractivity contribution < 1.29 is 0 Å². The topological polar surface area (TPSA) is 24.4 Å². The number of amidine groups is 1. The number of rotatable bonds is 2. The van der Waals surface area contributed by atoms with Gasteiger partial charge in [0.25, 0.3) is 0 Å². The predicted molar refractivity (Wildman–Crippen MR) is 84.8 cm³/mol. The lowest BCUT2D eigenvalue weighted by atomic mass is 10.1. The molecule has 0 radical (unpaired) electrons. The van der Waals surface area contributed by atoms with E-state index in [9.17, 15) is 0 Å². The molecule has 1 aliphatic rings. The maximum absolute atomic E-state index is 6.46. The summed E-state index contributed by atoms with van der Waals surface area (Å²) in [5.74, 6) is 0.796. The number of alkyl halides is 1. The van der Waals surface area contributed by atoms with Gasteiger partial charge in [-0.1, -0.05) is 72.3 Å². The van der Waals surface area contributed by atoms with Crippen molar-refractivity contribution in [3.8, 4) is 0 Å². The Kier molecular flexibility index (Phi) is 3.33. The molecule has 0 spiro atoms. The molecule has 2 aromatic rings. The highest BCUT2D eigenvalue weighted by Gasteiger charge is 2.24. The molecular formula is C17H15ClN2. The van der Waals surface area contributed by atoms with E-state index < -0.39 is 5.00 Å². The fourth-order valence-corrected chi connectivity index (χ4v) is 2.41. The lowest BCUT2D eigenvalue weighted by Crippen LogP contribution is -2.32. The van der Waals surface area contributed by atoms with Crippen LogP contribution in [0, 0.1) is 0 Å². The van der Waals surface area contributed by atoms with E-state index in [4.69, 9.17) is 11.6 Å². The molecule has 1 atom stereocenters. The third-order valence-corrected chi connectivity index (χ3v) is 3.32. The van der Waals surface area contributed by atoms with Crippen molar-refractivity contribution in [2.24, 2.45) is 4.99 Å². The van der Waals surface area contributed by atoms with Crippen LogP contribution >= 0.6 is 11.6 Å². The summed E-state index contributed by atoms with van der Waals surface area (Å²) in [7, 11) is 0. The Morgan fingerprint density at radius 1 is 0.900 bits per heavy atom. The first-order chi connectivity index (χ1) is 9.64. The molecule has 0 amide bonds. The molecule has 0 aliphatic carbocycles. The smallest absolute Gasteiger partial charge is 0.154 e. The molecule has 0 saturated carbocycles. The van der Waals surface area contributed by atoms with Gasteiger partial charge in [-0.2, -0.15) is 0 Å². The van der Waals surface area contributed by atoms with Crippen LogP contribution in [0.2, 0.25) is 0 Å². The van der Waals surface area contributed by atoms with Crippen LogP contribution in [0.3, 0.4) is 0 Å². The van der Waals surface area contributed by atoms with Gasteiger partial charge in [0.15, 0.2) is 5.00 Å². The van der Waals surface area contributed by atoms with Crippen LogP contribution < -0.4 is 5.32 Å². The monoisotopic (exact) mass is 282 g/mol. The van der Waals surface area contributed by atoms with Gasteiger partial charge in [0, 0.05) is 11.3 Å². The Morgan fingerprint density at radius 3 is 2.05 bits per heavy atom. The summed E-state index contributed by atoms with van der Waals surface area (Å²) in [6.07, 6.45) is 1.94. The van der Waals surface area contributed by atoms with Crippen LogP contribution in [0.1, 0.15) is 18.1 Å². The minimum Gasteiger partial charge on any atom is -0.340 e. The summed E-state index contributed by atoms with van der Waals surface area (Å²) in [6.45, 7) is 1.89. The van der Waals surface area contributed by atoms with Gasteiger partial charge < -0.3 is 5.32 Å². The number of aliphatic imine (C=N–C) groups is 1. The molecule has 1 heterocycles. The third kappa shape index (κ3) is 2.75. The summed E-state index contributed by atoms with van der Waals surface area (Å²) in [5.41, 5.74) is 3.11. The second-order valence-corrected chi connectivity index (χ2v) is 5.66. The molecule has 3 rings (SSSR count). The largest absolute Gasteiger partial charge is 0.340 e. The van der Waals surface area contributed by atoms with E-state index in [0.717, 1.165) is 22.7 Å². The van der Waals surface area contributed by atoms with Gasteiger partial charge in [0.1, 0.15) is 5.84 Å². The number of halogens is 1. The van der Waals surface area contributed by atoms with Crippen molar-refractivity contribution in [1.82, 2.24) is 5.32 Å². The lowest BCUT2D eigenvalue weighted by molar-refractivity contribution is 0.810. The summed E-state index contributed by atoms with van der Waals surface area (Å²) >= 11 is 6.46. The molecule has 1 N–H and O–H groups in total. The van der Waals surface area contributed by atoms with Crippen molar-refractivity contribution in [1.29, 1.82) is 0 Å². The van der Waals surface area contributed by atoms with Gasteiger partial charge >= 0.3 is 0 Å². The SMILES string of the molecule is CC1(Cl)C=C(c2ccccc2)NC(c2ccccc2)=N1. The van der Waals surface area contributed by atoms with Gasteiger partial charge in [-0.25, -0.2) is 4.99 Å². The summed E-state index contributed by atoms with van der Waals surface area (Å²) in [4.78, 5) is 3.82. The Balaban J connectivity index is 1.99. The number of hydrogen-bond donors (Lipinski definition) is 1. The molecule has 0 aromatic heterocycles. The first-order valence-corrected chi connectivity index (χ1v) is 6.91. The van der Waals surface area contributed by atoms with Crippen molar-refractivity contribution >= 4 is 23.1 Å². The zero-order valence-electron chi connectivity index (χ0n) is 11.2. The Hall–Kier alpha value is -2.06. The van der Waals surface area contributed by atoms with E-state index in [1.54, 1.807) is 0 Å². The van der Waals surface area contributed by atoms with E-state index in [-0.39, 0.29) is 0 Å². The van der Waals surface area contributed by atoms with E-state index in [1.807, 2.05) is 61.5 Å². The Bertz CT molecular complexity index is 600. The van der Waals surface area contributed by atoms with Crippen LogP contribution in [0.4, 0.5) is 0 Å². The molecule has 2 nitrogen and oxygen atoms in total. The van der Waals surface area contributed by atoms with Crippen LogP contribution in [0.15, 0.2) is 71.7 Å². The van der Waals surface area contributed by atoms with Crippen molar-refractivity contribution in [2.75, 3.05) is 0 Å². The quantitative estimate of drug-likeness (QED) is 0.653. The molecular weight excluding hydrogens is 268 g/mol. The number of hydrogen-bond acceptors (Lipinski definition) is 2. The molecule has 100 valence electrons. The Morgan fingerprint density at radius 2 is 1.45 bits per heavy atom. The second kappa shape index (κ2) is 5.14. The number of nitrogens with one attached hydrogen (secondary N) is 1. The molecule has 2 aromatic carbocycles. The van der Waals surface area contributed by atoms with E-state index in [0.29, 0.717) is 0 Å². The molecule has 1 aliphatic heterocycles. The average molecular weight is 283 g/mol. The summed E-state index contributed by atoms with van der Waals surface area (Å²) in [5, 5.41) is 3.37. The van der Waals surface area contributed by atoms with Crippen molar-refractivity contribution in [2.45, 2.75) is 11.9 Å². The normalized spacial score (nSPS) is 21.7. The summed E-state index contributed by atoms with van der Waals surface area (Å²) < 4.78 is 0. The van der Waals surface area contributed by atoms with Crippen LogP contribution in [-0.4, -0.2) is 10.8 Å². The average Bonchev–Trinajstić information content (AvgIpc) is 2.47. The maximum atomic E-state index is 6.46. The third-order valence-electron chi connectivity index (χ3n) is 3.12. The lowest BCUT2D eigenvalue weighted by Gasteiger charge is -2.25. The molecule has 3 heteroatoms. The van der Waals surface area contributed by atoms with Gasteiger partial charge in [0.2, 0.25) is 0 Å². The minimum absolute atomic E-state index is 0.735. The fourth-order valence-electron chi connectivity index (χ4n) is 2.21. The van der Waals surface area contributed by atoms with Gasteiger partial charge in [0.05, 0.1) is 0 Å². The fraction of sp³-hybridized carbons (Fsp3) is 0.118. The zero-order valence-corrected chi connectivity index (χ0v) is 11.9. The number of nitrogens with zero attached hydrogens (tertiary/aromatic N) is 1. The predicted octanol–water partition coefficient (Wildman–Crippen LogP) is 4.03. The highest BCUT2D eigenvalue weighted by molar-refractivity contribution is 6.27. The maximum Gasteiger partial charge on any atom is 0.154 e. The summed E-state index contributed by atoms with van der Waals surface area (Å²) in [6, 6.07) is 20.1. The molecule has 0 saturated heterocycles. The standard InChI is InChI=1S/C17H15ClN2/c1-17(18)12-15(13-8-4-2-5-9-13)19-16(20-17)14-10-6-3-7-11-14/h2-12H,1H3,(H,19,20). The molecule has 20 heavy (non-hydrogen) atoms. The second-order valence-electron chi connectivity index (χ2n) is 4.90. The molecule has 1 unspecified atom stereocenters. The highest BCUT2D eigenvalue weighted by Crippen LogP contribution is 2.28. The van der Waals surface area contributed by atoms with Crippen molar-refractivity contribution in [3.05, 3.63) is 77.9 Å². The van der Waals surface area contributed by atoms with Gasteiger partial charge in [-0.15, -0.1) is 0 Å². The first-order valence-electron chi connectivity index (χ1n) is 6.53. The van der Waals surface area contributed by atoms with E-state index in [1.165, 1.54) is 0 Å². The Labute approximate surface area is 123 Å². The molecule has 0 fully saturated rings. The number of benzene rings is 2. The van der Waals surface area contributed by atoms with Crippen LogP contribution in [-0.2, 0) is 0 Å².